The number of nitrogens with one attached hydrogen (secondary N) is 1. The van der Waals surface area contributed by atoms with Crippen LogP contribution in [0.3, 0.4) is 0 Å². The zero-order valence-corrected chi connectivity index (χ0v) is 19.0. The molecule has 0 bridgehead atoms. The molecule has 36 heavy (non-hydrogen) atoms. The van der Waals surface area contributed by atoms with Crippen molar-refractivity contribution in [1.82, 2.24) is 20.3 Å². The molecule has 1 N–H and O–H groups in total. The van der Waals surface area contributed by atoms with Gasteiger partial charge in [-0.1, -0.05) is 28.9 Å². The maximum absolute atomic E-state index is 13.9. The van der Waals surface area contributed by atoms with Crippen molar-refractivity contribution in [2.24, 2.45) is 7.05 Å². The molecule has 0 aliphatic heterocycles. The fourth-order valence-electron chi connectivity index (χ4n) is 3.14. The number of aromatic nitrogens is 3. The van der Waals surface area contributed by atoms with Gasteiger partial charge in [-0.3, -0.25) is 9.48 Å². The van der Waals surface area contributed by atoms with Gasteiger partial charge in [-0.15, -0.1) is 0 Å². The molecule has 0 fully saturated rings. The molecular weight excluding hydrogens is 528 g/mol. The van der Waals surface area contributed by atoms with Crippen molar-refractivity contribution in [1.29, 1.82) is 0 Å². The van der Waals surface area contributed by atoms with Crippen LogP contribution in [0.1, 0.15) is 28.5 Å². The number of rotatable bonds is 6. The summed E-state index contributed by atoms with van der Waals surface area (Å²) in [5.74, 6) is -6.73. The summed E-state index contributed by atoms with van der Waals surface area (Å²) < 4.78 is 113. The lowest BCUT2D eigenvalue weighted by Crippen LogP contribution is -2.36. The van der Waals surface area contributed by atoms with Crippen molar-refractivity contribution in [2.75, 3.05) is 6.54 Å². The summed E-state index contributed by atoms with van der Waals surface area (Å²) in [5, 5.41) is 8.80. The third-order valence-electron chi connectivity index (χ3n) is 4.78. The van der Waals surface area contributed by atoms with Crippen molar-refractivity contribution in [3.05, 3.63) is 58.3 Å². The number of carbonyl (C=O) groups is 1. The van der Waals surface area contributed by atoms with Crippen LogP contribution in [0.2, 0.25) is 5.02 Å². The highest BCUT2D eigenvalue weighted by atomic mass is 35.5. The highest BCUT2D eigenvalue weighted by Gasteiger charge is 2.64. The first-order valence-electron chi connectivity index (χ1n) is 9.74. The Bertz CT molecular complexity index is 1320. The minimum atomic E-state index is -6.34. The summed E-state index contributed by atoms with van der Waals surface area (Å²) in [6.07, 6.45) is -12.0. The second-order valence-electron chi connectivity index (χ2n) is 7.68. The number of aryl methyl sites for hydroxylation is 1. The van der Waals surface area contributed by atoms with Gasteiger partial charge in [-0.25, -0.2) is 0 Å². The molecule has 0 aliphatic rings. The molecule has 2 heterocycles. The van der Waals surface area contributed by atoms with Gasteiger partial charge in [-0.05, 0) is 25.1 Å². The Morgan fingerprint density at radius 3 is 2.33 bits per heavy atom. The smallest absolute Gasteiger partial charge is 0.356 e. The standard InChI is InChI=1S/C21H15ClF8N4O2/c1-9(2)8-31-18(35)11-6-10(4-5-12(11)22)14-7-13(33-36-14)16-15(20(25,26)27)17(32-34(16)3)19(23,24)21(28,29)30/h4-7H,1,8H2,2-3H3,(H,31,35). The monoisotopic (exact) mass is 542 g/mol. The molecule has 194 valence electrons. The van der Waals surface area contributed by atoms with Crippen LogP contribution in [0, 0.1) is 0 Å². The molecular formula is C21H15ClF8N4O2. The highest BCUT2D eigenvalue weighted by Crippen LogP contribution is 2.50. The van der Waals surface area contributed by atoms with Gasteiger partial charge in [0.15, 0.2) is 11.5 Å². The molecule has 15 heteroatoms. The third-order valence-corrected chi connectivity index (χ3v) is 5.11. The number of nitrogens with zero attached hydrogens (tertiary/aromatic N) is 3. The van der Waals surface area contributed by atoms with Gasteiger partial charge >= 0.3 is 18.3 Å². The lowest BCUT2D eigenvalue weighted by Gasteiger charge is -2.19. The first-order chi connectivity index (χ1) is 16.4. The predicted octanol–water partition coefficient (Wildman–Crippen LogP) is 6.37. The van der Waals surface area contributed by atoms with Crippen molar-refractivity contribution in [3.8, 4) is 22.7 Å². The van der Waals surface area contributed by atoms with Crippen LogP contribution in [0.15, 0.2) is 40.9 Å². The summed E-state index contributed by atoms with van der Waals surface area (Å²) in [6, 6.07) is 4.74. The second kappa shape index (κ2) is 9.22. The van der Waals surface area contributed by atoms with Gasteiger partial charge in [0, 0.05) is 25.2 Å². The van der Waals surface area contributed by atoms with Crippen LogP contribution in [-0.2, 0) is 19.1 Å². The molecule has 0 saturated heterocycles. The Balaban J connectivity index is 2.10. The zero-order valence-electron chi connectivity index (χ0n) is 18.3. The summed E-state index contributed by atoms with van der Waals surface area (Å²) in [5.41, 5.74) is -6.02. The van der Waals surface area contributed by atoms with Crippen molar-refractivity contribution < 1.29 is 44.4 Å². The fraction of sp³-hybridized carbons (Fsp3) is 0.286. The van der Waals surface area contributed by atoms with E-state index in [0.717, 1.165) is 13.1 Å². The van der Waals surface area contributed by atoms with E-state index in [-0.39, 0.29) is 33.1 Å². The first-order valence-corrected chi connectivity index (χ1v) is 10.1. The maximum atomic E-state index is 13.9. The molecule has 3 rings (SSSR count). The van der Waals surface area contributed by atoms with Crippen LogP contribution in [0.4, 0.5) is 35.1 Å². The zero-order chi connectivity index (χ0) is 27.2. The minimum Gasteiger partial charge on any atom is -0.356 e. The SMILES string of the molecule is C=C(C)CNC(=O)c1cc(-c2cc(-c3c(C(F)(F)F)c(C(F)(F)C(F)(F)F)nn3C)no2)ccc1Cl. The van der Waals surface area contributed by atoms with E-state index in [0.29, 0.717) is 5.57 Å². The first kappa shape index (κ1) is 27.2. The van der Waals surface area contributed by atoms with Gasteiger partial charge in [0.2, 0.25) is 0 Å². The molecule has 2 aromatic heterocycles. The van der Waals surface area contributed by atoms with Gasteiger partial charge in [0.1, 0.15) is 17.0 Å². The fourth-order valence-corrected chi connectivity index (χ4v) is 3.35. The Labute approximate surface area is 202 Å². The highest BCUT2D eigenvalue weighted by molar-refractivity contribution is 6.34. The van der Waals surface area contributed by atoms with Crippen molar-refractivity contribution >= 4 is 17.5 Å². The van der Waals surface area contributed by atoms with E-state index in [4.69, 9.17) is 16.1 Å². The molecule has 1 aromatic carbocycles. The van der Waals surface area contributed by atoms with E-state index in [1.165, 1.54) is 18.2 Å². The van der Waals surface area contributed by atoms with Crippen LogP contribution >= 0.6 is 11.6 Å². The lowest BCUT2D eigenvalue weighted by molar-refractivity contribution is -0.292. The number of halogens is 9. The van der Waals surface area contributed by atoms with Crippen molar-refractivity contribution in [3.63, 3.8) is 0 Å². The summed E-state index contributed by atoms with van der Waals surface area (Å²) in [4.78, 5) is 12.4. The van der Waals surface area contributed by atoms with E-state index in [2.05, 4.69) is 22.2 Å². The normalized spacial score (nSPS) is 12.6. The molecule has 0 unspecified atom stereocenters. The molecule has 0 spiro atoms. The Hall–Kier alpha value is -3.42. The van der Waals surface area contributed by atoms with Gasteiger partial charge in [0.25, 0.3) is 5.91 Å². The Morgan fingerprint density at radius 1 is 1.14 bits per heavy atom. The number of hydrogen-bond acceptors (Lipinski definition) is 4. The summed E-state index contributed by atoms with van der Waals surface area (Å²) in [6.45, 7) is 5.44. The molecule has 0 atom stereocenters. The van der Waals surface area contributed by atoms with Crippen molar-refractivity contribution in [2.45, 2.75) is 25.2 Å². The molecule has 6 nitrogen and oxygen atoms in total. The van der Waals surface area contributed by atoms with E-state index in [1.807, 2.05) is 0 Å². The second-order valence-corrected chi connectivity index (χ2v) is 8.08. The number of carbonyl (C=O) groups excluding carboxylic acids is 1. The average molecular weight is 543 g/mol. The van der Waals surface area contributed by atoms with Gasteiger partial charge in [0.05, 0.1) is 10.6 Å². The van der Waals surface area contributed by atoms with Gasteiger partial charge < -0.3 is 9.84 Å². The van der Waals surface area contributed by atoms with E-state index in [1.54, 1.807) is 6.92 Å². The number of benzene rings is 1. The molecule has 0 radical (unpaired) electrons. The largest absolute Gasteiger partial charge is 0.459 e. The third kappa shape index (κ3) is 5.08. The topological polar surface area (TPSA) is 73.0 Å². The number of hydrogen-bond donors (Lipinski definition) is 1. The molecule has 0 aliphatic carbocycles. The van der Waals surface area contributed by atoms with Gasteiger partial charge in [-0.2, -0.15) is 40.2 Å². The van der Waals surface area contributed by atoms with E-state index < -0.39 is 46.8 Å². The molecule has 3 aromatic rings. The van der Waals surface area contributed by atoms with Crippen LogP contribution in [0.5, 0.6) is 0 Å². The average Bonchev–Trinajstić information content (AvgIpc) is 3.36. The number of amides is 1. The van der Waals surface area contributed by atoms with Crippen LogP contribution < -0.4 is 5.32 Å². The Kier molecular flexibility index (Phi) is 6.96. The number of alkyl halides is 8. The summed E-state index contributed by atoms with van der Waals surface area (Å²) >= 11 is 6.04. The molecule has 1 amide bonds. The quantitative estimate of drug-likeness (QED) is 0.290. The van der Waals surface area contributed by atoms with E-state index in [9.17, 15) is 39.9 Å². The summed E-state index contributed by atoms with van der Waals surface area (Å²) in [7, 11) is 0.751. The maximum Gasteiger partial charge on any atom is 0.459 e. The Morgan fingerprint density at radius 2 is 1.78 bits per heavy atom. The van der Waals surface area contributed by atoms with Crippen LogP contribution in [-0.4, -0.2) is 33.6 Å². The minimum absolute atomic E-state index is 0.0303. The predicted molar refractivity (Wildman–Crippen MR) is 111 cm³/mol. The lowest BCUT2D eigenvalue weighted by atomic mass is 10.0. The molecule has 0 saturated carbocycles. The van der Waals surface area contributed by atoms with Crippen LogP contribution in [0.25, 0.3) is 22.7 Å². The van der Waals surface area contributed by atoms with E-state index >= 15 is 0 Å².